The molecule has 1 fully saturated rings. The molecule has 3 rings (SSSR count). The van der Waals surface area contributed by atoms with E-state index in [1.807, 2.05) is 0 Å². The number of esters is 1. The maximum absolute atomic E-state index is 12.7. The number of amides is 1. The first-order chi connectivity index (χ1) is 13.0. The van der Waals surface area contributed by atoms with Crippen molar-refractivity contribution in [1.82, 2.24) is 4.31 Å². The van der Waals surface area contributed by atoms with E-state index in [4.69, 9.17) is 9.15 Å². The first-order valence-corrected chi connectivity index (χ1v) is 10.0. The number of sulfonamides is 1. The third-order valence-electron chi connectivity index (χ3n) is 4.16. The summed E-state index contributed by atoms with van der Waals surface area (Å²) in [5.74, 6) is -1.25. The minimum absolute atomic E-state index is 0.123. The van der Waals surface area contributed by atoms with Crippen LogP contribution in [0, 0.1) is 0 Å². The van der Waals surface area contributed by atoms with Crippen molar-refractivity contribution in [3.8, 4) is 0 Å². The highest BCUT2D eigenvalue weighted by Crippen LogP contribution is 2.22. The van der Waals surface area contributed by atoms with Crippen molar-refractivity contribution in [2.75, 3.05) is 25.0 Å². The second kappa shape index (κ2) is 8.36. The number of ether oxygens (including phenoxy) is 1. The molecular weight excluding hydrogens is 372 g/mol. The van der Waals surface area contributed by atoms with Crippen LogP contribution in [0.4, 0.5) is 5.69 Å². The van der Waals surface area contributed by atoms with Crippen LogP contribution in [-0.4, -0.2) is 44.3 Å². The summed E-state index contributed by atoms with van der Waals surface area (Å²) in [4.78, 5) is 23.8. The Morgan fingerprint density at radius 3 is 2.63 bits per heavy atom. The van der Waals surface area contributed by atoms with Gasteiger partial charge in [-0.3, -0.25) is 4.79 Å². The molecule has 1 aromatic heterocycles. The fourth-order valence-electron chi connectivity index (χ4n) is 2.78. The number of hydrogen-bond donors (Lipinski definition) is 1. The maximum Gasteiger partial charge on any atom is 0.341 e. The van der Waals surface area contributed by atoms with Gasteiger partial charge >= 0.3 is 5.97 Å². The van der Waals surface area contributed by atoms with Crippen LogP contribution in [0.15, 0.2) is 52.2 Å². The fourth-order valence-corrected chi connectivity index (χ4v) is 4.34. The second-order valence-electron chi connectivity index (χ2n) is 6.13. The van der Waals surface area contributed by atoms with Crippen molar-refractivity contribution in [3.05, 3.63) is 48.4 Å². The smallest absolute Gasteiger partial charge is 0.341 e. The van der Waals surface area contributed by atoms with Crippen LogP contribution < -0.4 is 5.32 Å². The van der Waals surface area contributed by atoms with E-state index in [2.05, 4.69) is 5.32 Å². The van der Waals surface area contributed by atoms with Gasteiger partial charge in [-0.1, -0.05) is 12.5 Å². The number of furan rings is 1. The Hall–Kier alpha value is -2.65. The summed E-state index contributed by atoms with van der Waals surface area (Å²) in [5.41, 5.74) is 0.523. The molecule has 0 bridgehead atoms. The average molecular weight is 392 g/mol. The average Bonchev–Trinajstić information content (AvgIpc) is 3.22. The molecule has 1 amide bonds. The number of piperidine rings is 1. The summed E-state index contributed by atoms with van der Waals surface area (Å²) in [6.45, 7) is 0.513. The normalized spacial score (nSPS) is 15.3. The molecule has 0 spiro atoms. The molecule has 1 N–H and O–H groups in total. The van der Waals surface area contributed by atoms with E-state index < -0.39 is 28.5 Å². The first kappa shape index (κ1) is 19.1. The predicted octanol–water partition coefficient (Wildman–Crippen LogP) is 2.25. The highest BCUT2D eigenvalue weighted by atomic mass is 32.2. The Morgan fingerprint density at radius 2 is 1.93 bits per heavy atom. The lowest BCUT2D eigenvalue weighted by Crippen LogP contribution is -2.35. The van der Waals surface area contributed by atoms with Gasteiger partial charge in [-0.25, -0.2) is 13.2 Å². The van der Waals surface area contributed by atoms with Gasteiger partial charge in [0.25, 0.3) is 5.91 Å². The summed E-state index contributed by atoms with van der Waals surface area (Å²) in [6.07, 6.45) is 5.26. The minimum Gasteiger partial charge on any atom is -0.472 e. The van der Waals surface area contributed by atoms with E-state index in [0.717, 1.165) is 19.3 Å². The lowest BCUT2D eigenvalue weighted by molar-refractivity contribution is -0.119. The molecule has 0 aliphatic carbocycles. The van der Waals surface area contributed by atoms with Gasteiger partial charge in [0.2, 0.25) is 10.0 Å². The number of carbonyl (C=O) groups excluding carboxylic acids is 2. The third kappa shape index (κ3) is 4.75. The molecule has 1 aliphatic heterocycles. The molecule has 1 aliphatic rings. The van der Waals surface area contributed by atoms with Crippen molar-refractivity contribution < 1.29 is 27.2 Å². The van der Waals surface area contributed by atoms with Crippen LogP contribution in [0.5, 0.6) is 0 Å². The SMILES string of the molecule is O=C(COC(=O)c1ccoc1)Nc1cccc(S(=O)(=O)N2CCCCC2)c1. The van der Waals surface area contributed by atoms with Crippen LogP contribution in [0.2, 0.25) is 0 Å². The molecule has 0 unspecified atom stereocenters. The van der Waals surface area contributed by atoms with Gasteiger partial charge in [0.15, 0.2) is 6.61 Å². The number of rotatable bonds is 6. The van der Waals surface area contributed by atoms with Gasteiger partial charge in [-0.2, -0.15) is 4.31 Å². The summed E-state index contributed by atoms with van der Waals surface area (Å²) in [7, 11) is -3.59. The minimum atomic E-state index is -3.59. The molecule has 1 aromatic carbocycles. The molecule has 27 heavy (non-hydrogen) atoms. The van der Waals surface area contributed by atoms with Crippen LogP contribution in [0.1, 0.15) is 29.6 Å². The van der Waals surface area contributed by atoms with Crippen molar-refractivity contribution in [3.63, 3.8) is 0 Å². The van der Waals surface area contributed by atoms with Gasteiger partial charge in [-0.05, 0) is 37.1 Å². The van der Waals surface area contributed by atoms with Crippen LogP contribution in [0.3, 0.4) is 0 Å². The largest absolute Gasteiger partial charge is 0.472 e. The fraction of sp³-hybridized carbons (Fsp3) is 0.333. The summed E-state index contributed by atoms with van der Waals surface area (Å²) in [6, 6.07) is 7.46. The number of hydrogen-bond acceptors (Lipinski definition) is 6. The van der Waals surface area contributed by atoms with Crippen molar-refractivity contribution in [2.45, 2.75) is 24.2 Å². The lowest BCUT2D eigenvalue weighted by Gasteiger charge is -2.26. The molecule has 144 valence electrons. The van der Waals surface area contributed by atoms with Gasteiger partial charge in [0.1, 0.15) is 6.26 Å². The van der Waals surface area contributed by atoms with E-state index in [0.29, 0.717) is 18.8 Å². The van der Waals surface area contributed by atoms with Crippen molar-refractivity contribution in [1.29, 1.82) is 0 Å². The number of nitrogens with one attached hydrogen (secondary N) is 1. The van der Waals surface area contributed by atoms with Crippen LogP contribution in [-0.2, 0) is 19.6 Å². The molecule has 2 aromatic rings. The van der Waals surface area contributed by atoms with E-state index in [1.54, 1.807) is 12.1 Å². The topological polar surface area (TPSA) is 106 Å². The van der Waals surface area contributed by atoms with Gasteiger partial charge in [0.05, 0.1) is 16.7 Å². The number of carbonyl (C=O) groups is 2. The monoisotopic (exact) mass is 392 g/mol. The van der Waals surface area contributed by atoms with E-state index in [1.165, 1.54) is 35.0 Å². The molecule has 0 atom stereocenters. The third-order valence-corrected chi connectivity index (χ3v) is 6.06. The zero-order chi connectivity index (χ0) is 19.3. The Kier molecular flexibility index (Phi) is 5.92. The zero-order valence-corrected chi connectivity index (χ0v) is 15.4. The van der Waals surface area contributed by atoms with Gasteiger partial charge in [0, 0.05) is 18.8 Å². The molecule has 0 saturated carbocycles. The van der Waals surface area contributed by atoms with E-state index >= 15 is 0 Å². The van der Waals surface area contributed by atoms with Gasteiger partial charge in [-0.15, -0.1) is 0 Å². The van der Waals surface area contributed by atoms with Gasteiger partial charge < -0.3 is 14.5 Å². The Bertz CT molecular complexity index is 902. The highest BCUT2D eigenvalue weighted by Gasteiger charge is 2.26. The predicted molar refractivity (Wildman–Crippen MR) is 96.7 cm³/mol. The molecule has 0 radical (unpaired) electrons. The van der Waals surface area contributed by atoms with E-state index in [-0.39, 0.29) is 10.5 Å². The summed E-state index contributed by atoms with van der Waals surface area (Å²) in [5, 5.41) is 2.54. The molecule has 9 heteroatoms. The molecular formula is C18H20N2O6S. The summed E-state index contributed by atoms with van der Waals surface area (Å²) >= 11 is 0. The first-order valence-electron chi connectivity index (χ1n) is 8.56. The van der Waals surface area contributed by atoms with Crippen LogP contribution >= 0.6 is 0 Å². The number of benzene rings is 1. The molecule has 2 heterocycles. The Morgan fingerprint density at radius 1 is 1.15 bits per heavy atom. The van der Waals surface area contributed by atoms with Crippen LogP contribution in [0.25, 0.3) is 0 Å². The van der Waals surface area contributed by atoms with Crippen molar-refractivity contribution in [2.24, 2.45) is 0 Å². The zero-order valence-electron chi connectivity index (χ0n) is 14.6. The lowest BCUT2D eigenvalue weighted by atomic mass is 10.2. The Labute approximate surface area is 157 Å². The quantitative estimate of drug-likeness (QED) is 0.756. The van der Waals surface area contributed by atoms with E-state index in [9.17, 15) is 18.0 Å². The second-order valence-corrected chi connectivity index (χ2v) is 8.07. The Balaban J connectivity index is 1.61. The maximum atomic E-state index is 12.7. The molecule has 8 nitrogen and oxygen atoms in total. The number of nitrogens with zero attached hydrogens (tertiary/aromatic N) is 1. The molecule has 1 saturated heterocycles. The van der Waals surface area contributed by atoms with Crippen molar-refractivity contribution >= 4 is 27.6 Å². The standard InChI is InChI=1S/C18H20N2O6S/c21-17(13-26-18(22)14-7-10-25-12-14)19-15-5-4-6-16(11-15)27(23,24)20-8-2-1-3-9-20/h4-7,10-12H,1-3,8-9,13H2,(H,19,21). The highest BCUT2D eigenvalue weighted by molar-refractivity contribution is 7.89. The summed E-state index contributed by atoms with van der Waals surface area (Å²) < 4.78 is 36.5. The number of anilines is 1.